The molecule has 1 aliphatic heterocycles. The highest BCUT2D eigenvalue weighted by molar-refractivity contribution is 5.96. The molecule has 0 fully saturated rings. The largest absolute Gasteiger partial charge is 0.462 e. The molecule has 0 amide bonds. The molecule has 0 radical (unpaired) electrons. The maximum Gasteiger partial charge on any atom is 0.350 e. The lowest BCUT2D eigenvalue weighted by Gasteiger charge is -2.25. The summed E-state index contributed by atoms with van der Waals surface area (Å²) in [5, 5.41) is 9.38. The Balaban J connectivity index is 2.65. The van der Waals surface area contributed by atoms with Gasteiger partial charge in [-0.1, -0.05) is 32.0 Å². The fraction of sp³-hybridized carbons (Fsp3) is 0.375. The number of ether oxygens (including phenoxy) is 1. The standard InChI is InChI=1S/C16H18N2O2/c1-5-20-15(19)11(10-17)14-16(2,3)12-8-6-7-9-13(12)18(14)4/h6-9H,5H2,1-4H3/b14-11-. The summed E-state index contributed by atoms with van der Waals surface area (Å²) in [6.07, 6.45) is 0. The molecular weight excluding hydrogens is 252 g/mol. The summed E-state index contributed by atoms with van der Waals surface area (Å²) >= 11 is 0. The van der Waals surface area contributed by atoms with Gasteiger partial charge in [-0.25, -0.2) is 4.79 Å². The number of para-hydroxylation sites is 1. The normalized spacial score (nSPS) is 18.2. The summed E-state index contributed by atoms with van der Waals surface area (Å²) in [5.74, 6) is -0.558. The van der Waals surface area contributed by atoms with E-state index >= 15 is 0 Å². The van der Waals surface area contributed by atoms with Crippen LogP contribution in [0, 0.1) is 11.3 Å². The van der Waals surface area contributed by atoms with Crippen molar-refractivity contribution in [1.82, 2.24) is 0 Å². The van der Waals surface area contributed by atoms with Gasteiger partial charge in [-0.15, -0.1) is 0 Å². The second-order valence-electron chi connectivity index (χ2n) is 5.26. The van der Waals surface area contributed by atoms with Crippen LogP contribution < -0.4 is 4.90 Å². The van der Waals surface area contributed by atoms with E-state index in [1.807, 2.05) is 56.1 Å². The molecule has 0 N–H and O–H groups in total. The van der Waals surface area contributed by atoms with E-state index in [2.05, 4.69) is 0 Å². The van der Waals surface area contributed by atoms with Crippen LogP contribution in [0.2, 0.25) is 0 Å². The van der Waals surface area contributed by atoms with Crippen LogP contribution in [-0.2, 0) is 14.9 Å². The third kappa shape index (κ3) is 1.96. The summed E-state index contributed by atoms with van der Waals surface area (Å²) in [4.78, 5) is 13.9. The predicted octanol–water partition coefficient (Wildman–Crippen LogP) is 2.75. The average molecular weight is 270 g/mol. The molecule has 1 aliphatic rings. The Morgan fingerprint density at radius 3 is 2.60 bits per heavy atom. The highest BCUT2D eigenvalue weighted by atomic mass is 16.5. The molecule has 0 atom stereocenters. The van der Waals surface area contributed by atoms with E-state index in [1.165, 1.54) is 0 Å². The van der Waals surface area contributed by atoms with E-state index < -0.39 is 11.4 Å². The summed E-state index contributed by atoms with van der Waals surface area (Å²) in [5.41, 5.74) is 2.50. The summed E-state index contributed by atoms with van der Waals surface area (Å²) in [7, 11) is 1.87. The van der Waals surface area contributed by atoms with Gasteiger partial charge in [-0.3, -0.25) is 0 Å². The number of carbonyl (C=O) groups is 1. The number of carbonyl (C=O) groups excluding carboxylic acids is 1. The lowest BCUT2D eigenvalue weighted by molar-refractivity contribution is -0.138. The number of esters is 1. The molecule has 1 aromatic carbocycles. The number of allylic oxidation sites excluding steroid dienone is 1. The van der Waals surface area contributed by atoms with E-state index in [0.29, 0.717) is 5.70 Å². The zero-order valence-electron chi connectivity index (χ0n) is 12.2. The fourth-order valence-corrected chi connectivity index (χ4v) is 2.84. The van der Waals surface area contributed by atoms with Gasteiger partial charge in [0.25, 0.3) is 0 Å². The first-order chi connectivity index (χ1) is 9.45. The number of nitrogens with zero attached hydrogens (tertiary/aromatic N) is 2. The SMILES string of the molecule is CCOC(=O)/C(C#N)=C1\N(C)c2ccccc2C1(C)C. The van der Waals surface area contributed by atoms with Crippen molar-refractivity contribution in [3.63, 3.8) is 0 Å². The number of hydrogen-bond acceptors (Lipinski definition) is 4. The van der Waals surface area contributed by atoms with E-state index in [1.54, 1.807) is 6.92 Å². The van der Waals surface area contributed by atoms with Gasteiger partial charge in [0.15, 0.2) is 5.57 Å². The molecule has 1 aromatic rings. The molecule has 104 valence electrons. The first-order valence-electron chi connectivity index (χ1n) is 6.60. The Hall–Kier alpha value is -2.28. The zero-order chi connectivity index (χ0) is 14.9. The lowest BCUT2D eigenvalue weighted by Crippen LogP contribution is -2.27. The average Bonchev–Trinajstić information content (AvgIpc) is 2.62. The molecule has 2 rings (SSSR count). The molecule has 0 saturated heterocycles. The highest BCUT2D eigenvalue weighted by Crippen LogP contribution is 2.47. The van der Waals surface area contributed by atoms with Gasteiger partial charge in [0.1, 0.15) is 6.07 Å². The van der Waals surface area contributed by atoms with Crippen molar-refractivity contribution < 1.29 is 9.53 Å². The monoisotopic (exact) mass is 270 g/mol. The molecule has 0 saturated carbocycles. The van der Waals surface area contributed by atoms with Crippen LogP contribution in [0.4, 0.5) is 5.69 Å². The van der Waals surface area contributed by atoms with Crippen molar-refractivity contribution in [1.29, 1.82) is 5.26 Å². The number of likely N-dealkylation sites (N-methyl/N-ethyl adjacent to an activating group) is 1. The minimum Gasteiger partial charge on any atom is -0.462 e. The Labute approximate surface area is 119 Å². The highest BCUT2D eigenvalue weighted by Gasteiger charge is 2.42. The number of anilines is 1. The Morgan fingerprint density at radius 2 is 2.05 bits per heavy atom. The molecule has 1 heterocycles. The minimum absolute atomic E-state index is 0.0792. The van der Waals surface area contributed by atoms with Gasteiger partial charge >= 0.3 is 5.97 Å². The van der Waals surface area contributed by atoms with Crippen molar-refractivity contribution in [3.05, 3.63) is 41.1 Å². The molecule has 0 aromatic heterocycles. The number of fused-ring (bicyclic) bond motifs is 1. The van der Waals surface area contributed by atoms with Crippen molar-refractivity contribution in [2.45, 2.75) is 26.2 Å². The van der Waals surface area contributed by atoms with Gasteiger partial charge in [0.2, 0.25) is 0 Å². The van der Waals surface area contributed by atoms with Crippen LogP contribution >= 0.6 is 0 Å². The van der Waals surface area contributed by atoms with Gasteiger partial charge in [0, 0.05) is 18.2 Å². The first-order valence-corrected chi connectivity index (χ1v) is 6.60. The van der Waals surface area contributed by atoms with E-state index in [0.717, 1.165) is 11.3 Å². The van der Waals surface area contributed by atoms with Gasteiger partial charge < -0.3 is 9.64 Å². The summed E-state index contributed by atoms with van der Waals surface area (Å²) < 4.78 is 5.00. The zero-order valence-corrected chi connectivity index (χ0v) is 12.2. The topological polar surface area (TPSA) is 53.3 Å². The fourth-order valence-electron chi connectivity index (χ4n) is 2.84. The van der Waals surface area contributed by atoms with Gasteiger partial charge in [0.05, 0.1) is 12.3 Å². The maximum absolute atomic E-state index is 12.0. The molecule has 0 bridgehead atoms. The Kier molecular flexibility index (Phi) is 3.54. The van der Waals surface area contributed by atoms with Crippen molar-refractivity contribution in [2.24, 2.45) is 0 Å². The number of nitriles is 1. The van der Waals surface area contributed by atoms with Crippen LogP contribution in [0.1, 0.15) is 26.3 Å². The molecular formula is C16H18N2O2. The van der Waals surface area contributed by atoms with Crippen LogP contribution in [-0.4, -0.2) is 19.6 Å². The first kappa shape index (κ1) is 14.1. The summed E-state index contributed by atoms with van der Waals surface area (Å²) in [6.45, 7) is 6.02. The number of benzene rings is 1. The quantitative estimate of drug-likeness (QED) is 0.471. The molecule has 4 heteroatoms. The van der Waals surface area contributed by atoms with Gasteiger partial charge in [-0.2, -0.15) is 5.26 Å². The number of rotatable bonds is 2. The smallest absolute Gasteiger partial charge is 0.350 e. The van der Waals surface area contributed by atoms with Crippen molar-refractivity contribution in [2.75, 3.05) is 18.6 Å². The van der Waals surface area contributed by atoms with E-state index in [4.69, 9.17) is 4.74 Å². The third-order valence-electron chi connectivity index (χ3n) is 3.69. The molecule has 0 spiro atoms. The molecule has 0 unspecified atom stereocenters. The second-order valence-corrected chi connectivity index (χ2v) is 5.26. The van der Waals surface area contributed by atoms with E-state index in [9.17, 15) is 10.1 Å². The Bertz CT molecular complexity index is 624. The van der Waals surface area contributed by atoms with Crippen molar-refractivity contribution >= 4 is 11.7 Å². The van der Waals surface area contributed by atoms with Crippen LogP contribution in [0.5, 0.6) is 0 Å². The molecule has 0 aliphatic carbocycles. The van der Waals surface area contributed by atoms with Crippen LogP contribution in [0.15, 0.2) is 35.5 Å². The van der Waals surface area contributed by atoms with Crippen molar-refractivity contribution in [3.8, 4) is 6.07 Å². The minimum atomic E-state index is -0.558. The maximum atomic E-state index is 12.0. The van der Waals surface area contributed by atoms with Crippen LogP contribution in [0.3, 0.4) is 0 Å². The molecule has 4 nitrogen and oxygen atoms in total. The van der Waals surface area contributed by atoms with Gasteiger partial charge in [-0.05, 0) is 18.6 Å². The lowest BCUT2D eigenvalue weighted by atomic mass is 9.82. The Morgan fingerprint density at radius 1 is 1.40 bits per heavy atom. The summed E-state index contributed by atoms with van der Waals surface area (Å²) in [6, 6.07) is 9.95. The predicted molar refractivity (Wildman–Crippen MR) is 77.1 cm³/mol. The molecule has 20 heavy (non-hydrogen) atoms. The van der Waals surface area contributed by atoms with Crippen LogP contribution in [0.25, 0.3) is 0 Å². The second kappa shape index (κ2) is 5.01. The third-order valence-corrected chi connectivity index (χ3v) is 3.69. The van der Waals surface area contributed by atoms with E-state index in [-0.39, 0.29) is 12.2 Å². The number of hydrogen-bond donors (Lipinski definition) is 0.